The van der Waals surface area contributed by atoms with Gasteiger partial charge in [0.15, 0.2) is 5.82 Å². The Hall–Kier alpha value is -1.93. The van der Waals surface area contributed by atoms with Gasteiger partial charge >= 0.3 is 0 Å². The molecule has 0 aliphatic rings. The summed E-state index contributed by atoms with van der Waals surface area (Å²) in [6.07, 6.45) is 0.802. The predicted octanol–water partition coefficient (Wildman–Crippen LogP) is 2.65. The van der Waals surface area contributed by atoms with E-state index in [4.69, 9.17) is 16.1 Å². The Balaban J connectivity index is 1.89. The average molecular weight is 397 g/mol. The minimum atomic E-state index is -0.123. The largest absolute Gasteiger partial charge is 0.340 e. The second kappa shape index (κ2) is 9.32. The van der Waals surface area contributed by atoms with Crippen molar-refractivity contribution in [1.29, 1.82) is 0 Å². The molecular weight excluding hydrogens is 368 g/mol. The fraction of sp³-hybridized carbons (Fsp3) is 0.667. The molecular formula is C18H29ClN6O2. The van der Waals surface area contributed by atoms with Gasteiger partial charge in [-0.15, -0.1) is 0 Å². The molecule has 0 fully saturated rings. The van der Waals surface area contributed by atoms with E-state index in [0.29, 0.717) is 54.4 Å². The van der Waals surface area contributed by atoms with Crippen LogP contribution in [-0.2, 0) is 19.5 Å². The van der Waals surface area contributed by atoms with Gasteiger partial charge in [0.25, 0.3) is 5.91 Å². The fourth-order valence-electron chi connectivity index (χ4n) is 2.73. The molecule has 0 atom stereocenters. The van der Waals surface area contributed by atoms with Gasteiger partial charge in [0, 0.05) is 33.1 Å². The highest BCUT2D eigenvalue weighted by Crippen LogP contribution is 2.21. The van der Waals surface area contributed by atoms with Crippen molar-refractivity contribution >= 4 is 17.5 Å². The highest BCUT2D eigenvalue weighted by Gasteiger charge is 2.23. The molecule has 9 heteroatoms. The Morgan fingerprint density at radius 3 is 2.59 bits per heavy atom. The van der Waals surface area contributed by atoms with E-state index in [0.717, 1.165) is 12.2 Å². The van der Waals surface area contributed by atoms with Gasteiger partial charge in [0.1, 0.15) is 5.15 Å². The van der Waals surface area contributed by atoms with E-state index in [1.807, 2.05) is 18.9 Å². The summed E-state index contributed by atoms with van der Waals surface area (Å²) >= 11 is 6.29. The number of likely N-dealkylation sites (N-methyl/N-ethyl adjacent to an activating group) is 2. The summed E-state index contributed by atoms with van der Waals surface area (Å²) in [6.45, 7) is 10.4. The van der Waals surface area contributed by atoms with Gasteiger partial charge in [-0.3, -0.25) is 14.4 Å². The Morgan fingerprint density at radius 2 is 2.00 bits per heavy atom. The number of hydrogen-bond acceptors (Lipinski definition) is 6. The smallest absolute Gasteiger partial charge is 0.258 e. The Bertz CT molecular complexity index is 770. The molecule has 1 amide bonds. The summed E-state index contributed by atoms with van der Waals surface area (Å²) < 4.78 is 6.93. The molecule has 0 aromatic carbocycles. The number of hydrogen-bond donors (Lipinski definition) is 0. The molecule has 2 aromatic rings. The molecule has 2 heterocycles. The predicted molar refractivity (Wildman–Crippen MR) is 104 cm³/mol. The lowest BCUT2D eigenvalue weighted by molar-refractivity contribution is 0.0779. The third-order valence-electron chi connectivity index (χ3n) is 4.25. The first kappa shape index (κ1) is 21.4. The van der Waals surface area contributed by atoms with Gasteiger partial charge in [-0.05, 0) is 26.8 Å². The number of amides is 1. The van der Waals surface area contributed by atoms with E-state index in [1.54, 1.807) is 23.6 Å². The Kier molecular flexibility index (Phi) is 7.38. The van der Waals surface area contributed by atoms with Gasteiger partial charge in [-0.25, -0.2) is 0 Å². The van der Waals surface area contributed by atoms with Crippen LogP contribution in [0.1, 0.15) is 48.5 Å². The molecule has 27 heavy (non-hydrogen) atoms. The molecule has 0 radical (unpaired) electrons. The van der Waals surface area contributed by atoms with Gasteiger partial charge in [-0.2, -0.15) is 10.1 Å². The number of rotatable bonds is 9. The monoisotopic (exact) mass is 396 g/mol. The van der Waals surface area contributed by atoms with Crippen molar-refractivity contribution < 1.29 is 9.32 Å². The standard InChI is InChI=1S/C18H29ClN6O2/c1-7-25-17(19)16(13(4)21-25)18(26)24(6)9-8-23(5)11-15-20-14(22-27-15)10-12(2)3/h12H,7-11H2,1-6H3. The lowest BCUT2D eigenvalue weighted by Gasteiger charge is -2.21. The molecule has 0 saturated heterocycles. The minimum absolute atomic E-state index is 0.123. The third kappa shape index (κ3) is 5.52. The molecule has 150 valence electrons. The van der Waals surface area contributed by atoms with Crippen LogP contribution in [0.3, 0.4) is 0 Å². The number of aryl methyl sites for hydroxylation is 2. The van der Waals surface area contributed by atoms with Crippen molar-refractivity contribution in [2.45, 2.75) is 47.2 Å². The number of nitrogens with zero attached hydrogens (tertiary/aromatic N) is 6. The summed E-state index contributed by atoms with van der Waals surface area (Å²) in [5.74, 6) is 1.69. The van der Waals surface area contributed by atoms with E-state index >= 15 is 0 Å². The summed E-state index contributed by atoms with van der Waals surface area (Å²) in [4.78, 5) is 20.8. The Labute approximate surface area is 165 Å². The molecule has 0 saturated carbocycles. The van der Waals surface area contributed by atoms with Crippen LogP contribution in [0.2, 0.25) is 5.15 Å². The normalized spacial score (nSPS) is 11.6. The first-order chi connectivity index (χ1) is 12.7. The van der Waals surface area contributed by atoms with E-state index < -0.39 is 0 Å². The number of aromatic nitrogens is 4. The summed E-state index contributed by atoms with van der Waals surface area (Å²) in [7, 11) is 3.72. The van der Waals surface area contributed by atoms with Crippen LogP contribution in [0.15, 0.2) is 4.52 Å². The van der Waals surface area contributed by atoms with Crippen LogP contribution in [0.25, 0.3) is 0 Å². The molecule has 0 spiro atoms. The Morgan fingerprint density at radius 1 is 1.30 bits per heavy atom. The van der Waals surface area contributed by atoms with Crippen LogP contribution in [-0.4, -0.2) is 62.8 Å². The molecule has 0 unspecified atom stereocenters. The van der Waals surface area contributed by atoms with E-state index in [2.05, 4.69) is 29.1 Å². The SMILES string of the molecule is CCn1nc(C)c(C(=O)N(C)CCN(C)Cc2nc(CC(C)C)no2)c1Cl. The molecule has 2 rings (SSSR count). The van der Waals surface area contributed by atoms with Gasteiger partial charge in [0.2, 0.25) is 5.89 Å². The maximum Gasteiger partial charge on any atom is 0.258 e. The first-order valence-electron chi connectivity index (χ1n) is 9.21. The zero-order chi connectivity index (χ0) is 20.1. The highest BCUT2D eigenvalue weighted by atomic mass is 35.5. The van der Waals surface area contributed by atoms with Gasteiger partial charge in [-0.1, -0.05) is 30.6 Å². The average Bonchev–Trinajstić information content (AvgIpc) is 3.14. The number of carbonyl (C=O) groups excluding carboxylic acids is 1. The third-order valence-corrected chi connectivity index (χ3v) is 4.63. The molecule has 8 nitrogen and oxygen atoms in total. The second-order valence-electron chi connectivity index (χ2n) is 7.23. The topological polar surface area (TPSA) is 80.3 Å². The zero-order valence-electron chi connectivity index (χ0n) is 17.0. The zero-order valence-corrected chi connectivity index (χ0v) is 17.7. The molecule has 0 aliphatic carbocycles. The van der Waals surface area contributed by atoms with Crippen LogP contribution < -0.4 is 0 Å². The summed E-state index contributed by atoms with van der Waals surface area (Å²) in [6, 6.07) is 0. The molecule has 2 aromatic heterocycles. The van der Waals surface area contributed by atoms with Crippen LogP contribution in [0, 0.1) is 12.8 Å². The lowest BCUT2D eigenvalue weighted by Crippen LogP contribution is -2.35. The molecule has 0 N–H and O–H groups in total. The van der Waals surface area contributed by atoms with Crippen molar-refractivity contribution in [2.24, 2.45) is 5.92 Å². The van der Waals surface area contributed by atoms with Crippen LogP contribution in [0.5, 0.6) is 0 Å². The van der Waals surface area contributed by atoms with E-state index in [-0.39, 0.29) is 5.91 Å². The van der Waals surface area contributed by atoms with Gasteiger partial charge in [0.05, 0.1) is 17.8 Å². The van der Waals surface area contributed by atoms with Crippen molar-refractivity contribution in [3.8, 4) is 0 Å². The van der Waals surface area contributed by atoms with E-state index in [1.165, 1.54) is 0 Å². The van der Waals surface area contributed by atoms with Crippen LogP contribution in [0.4, 0.5) is 0 Å². The minimum Gasteiger partial charge on any atom is -0.340 e. The maximum absolute atomic E-state index is 12.7. The van der Waals surface area contributed by atoms with Crippen LogP contribution >= 0.6 is 11.6 Å². The van der Waals surface area contributed by atoms with E-state index in [9.17, 15) is 4.79 Å². The number of halogens is 1. The van der Waals surface area contributed by atoms with Crippen molar-refractivity contribution in [1.82, 2.24) is 29.7 Å². The number of carbonyl (C=O) groups is 1. The molecule has 0 bridgehead atoms. The molecule has 0 aliphatic heterocycles. The van der Waals surface area contributed by atoms with Crippen molar-refractivity contribution in [3.63, 3.8) is 0 Å². The summed E-state index contributed by atoms with van der Waals surface area (Å²) in [5, 5.41) is 8.70. The maximum atomic E-state index is 12.7. The quantitative estimate of drug-likeness (QED) is 0.648. The van der Waals surface area contributed by atoms with Gasteiger partial charge < -0.3 is 9.42 Å². The summed E-state index contributed by atoms with van der Waals surface area (Å²) in [5.41, 5.74) is 1.12. The fourth-order valence-corrected chi connectivity index (χ4v) is 3.11. The first-order valence-corrected chi connectivity index (χ1v) is 9.59. The van der Waals surface area contributed by atoms with Crippen molar-refractivity contribution in [2.75, 3.05) is 27.2 Å². The lowest BCUT2D eigenvalue weighted by atomic mass is 10.1. The second-order valence-corrected chi connectivity index (χ2v) is 7.59. The van der Waals surface area contributed by atoms with Crippen molar-refractivity contribution in [3.05, 3.63) is 28.1 Å². The highest BCUT2D eigenvalue weighted by molar-refractivity contribution is 6.33.